The van der Waals surface area contributed by atoms with Crippen LogP contribution in [0.4, 0.5) is 5.95 Å². The largest absolute Gasteiger partial charge is 0.481 e. The van der Waals surface area contributed by atoms with Gasteiger partial charge in [-0.05, 0) is 23.8 Å². The Labute approximate surface area is 173 Å². The van der Waals surface area contributed by atoms with Crippen LogP contribution in [0.15, 0.2) is 29.8 Å². The molecule has 9 heteroatoms. The highest BCUT2D eigenvalue weighted by molar-refractivity contribution is 7.13. The van der Waals surface area contributed by atoms with Crippen molar-refractivity contribution in [3.8, 4) is 33.7 Å². The van der Waals surface area contributed by atoms with Crippen LogP contribution in [-0.2, 0) is 0 Å². The minimum Gasteiger partial charge on any atom is -0.481 e. The van der Waals surface area contributed by atoms with Gasteiger partial charge in [0.15, 0.2) is 0 Å². The Morgan fingerprint density at radius 2 is 2.07 bits per heavy atom. The first-order valence-corrected chi connectivity index (χ1v) is 10.3. The molecule has 4 rings (SSSR count). The van der Waals surface area contributed by atoms with Crippen LogP contribution in [0.1, 0.15) is 13.3 Å². The number of anilines is 1. The van der Waals surface area contributed by atoms with E-state index in [2.05, 4.69) is 19.9 Å². The number of piperidine rings is 1. The fraction of sp³-hybridized carbons (Fsp3) is 0.400. The van der Waals surface area contributed by atoms with E-state index in [0.717, 1.165) is 29.2 Å². The Morgan fingerprint density at radius 1 is 1.21 bits per heavy atom. The zero-order chi connectivity index (χ0) is 20.4. The number of rotatable bonds is 5. The monoisotopic (exact) mass is 413 g/mol. The number of nitrogens with zero attached hydrogens (tertiary/aromatic N) is 5. The van der Waals surface area contributed by atoms with E-state index in [1.165, 1.54) is 7.11 Å². The molecule has 3 aromatic rings. The van der Waals surface area contributed by atoms with E-state index in [9.17, 15) is 5.11 Å². The predicted molar refractivity (Wildman–Crippen MR) is 111 cm³/mol. The van der Waals surface area contributed by atoms with Crippen molar-refractivity contribution in [3.63, 3.8) is 0 Å². The Morgan fingerprint density at radius 3 is 2.76 bits per heavy atom. The molecule has 1 fully saturated rings. The molecule has 4 heterocycles. The van der Waals surface area contributed by atoms with E-state index in [1.807, 2.05) is 24.4 Å². The third kappa shape index (κ3) is 4.01. The van der Waals surface area contributed by atoms with Crippen LogP contribution in [0, 0.1) is 5.92 Å². The summed E-state index contributed by atoms with van der Waals surface area (Å²) in [5, 5.41) is 12.1. The second kappa shape index (κ2) is 8.30. The fourth-order valence-corrected chi connectivity index (χ4v) is 4.09. The molecular weight excluding hydrogens is 390 g/mol. The number of aromatic nitrogens is 4. The van der Waals surface area contributed by atoms with E-state index in [1.54, 1.807) is 30.7 Å². The Kier molecular flexibility index (Phi) is 5.59. The summed E-state index contributed by atoms with van der Waals surface area (Å²) in [4.78, 5) is 21.3. The van der Waals surface area contributed by atoms with Crippen LogP contribution >= 0.6 is 11.3 Å². The molecule has 29 heavy (non-hydrogen) atoms. The summed E-state index contributed by atoms with van der Waals surface area (Å²) in [5.74, 6) is 1.24. The van der Waals surface area contributed by atoms with E-state index in [0.29, 0.717) is 23.9 Å². The minimum absolute atomic E-state index is 0.174. The molecule has 0 aromatic carbocycles. The fourth-order valence-electron chi connectivity index (χ4n) is 3.37. The van der Waals surface area contributed by atoms with Gasteiger partial charge in [-0.3, -0.25) is 0 Å². The third-order valence-electron chi connectivity index (χ3n) is 5.02. The van der Waals surface area contributed by atoms with E-state index in [4.69, 9.17) is 14.5 Å². The summed E-state index contributed by atoms with van der Waals surface area (Å²) in [5.41, 5.74) is 2.21. The van der Waals surface area contributed by atoms with Crippen molar-refractivity contribution in [1.82, 2.24) is 19.9 Å². The number of hydrogen-bond acceptors (Lipinski definition) is 9. The number of aliphatic hydroxyl groups excluding tert-OH is 1. The second-order valence-corrected chi connectivity index (χ2v) is 7.92. The predicted octanol–water partition coefficient (Wildman–Crippen LogP) is 2.89. The van der Waals surface area contributed by atoms with Gasteiger partial charge in [-0.25, -0.2) is 9.97 Å². The highest BCUT2D eigenvalue weighted by Crippen LogP contribution is 2.35. The number of ether oxygens (including phenoxy) is 2. The molecule has 0 radical (unpaired) electrons. The minimum atomic E-state index is -0.275. The van der Waals surface area contributed by atoms with E-state index >= 15 is 0 Å². The molecule has 1 N–H and O–H groups in total. The highest BCUT2D eigenvalue weighted by atomic mass is 32.1. The Hall–Kier alpha value is -2.78. The maximum Gasteiger partial charge on any atom is 0.320 e. The quantitative estimate of drug-likeness (QED) is 0.682. The molecule has 0 bridgehead atoms. The molecule has 1 aliphatic rings. The summed E-state index contributed by atoms with van der Waals surface area (Å²) >= 11 is 1.61. The van der Waals surface area contributed by atoms with E-state index in [-0.39, 0.29) is 18.0 Å². The molecule has 1 aliphatic heterocycles. The van der Waals surface area contributed by atoms with Crippen LogP contribution in [0.2, 0.25) is 0 Å². The van der Waals surface area contributed by atoms with Gasteiger partial charge in [0.1, 0.15) is 0 Å². The molecule has 3 aromatic heterocycles. The molecule has 0 aliphatic carbocycles. The van der Waals surface area contributed by atoms with Gasteiger partial charge in [0.05, 0.1) is 36.6 Å². The van der Waals surface area contributed by atoms with Gasteiger partial charge in [-0.15, -0.1) is 11.3 Å². The van der Waals surface area contributed by atoms with Crippen LogP contribution < -0.4 is 14.4 Å². The van der Waals surface area contributed by atoms with Crippen molar-refractivity contribution in [1.29, 1.82) is 0 Å². The average molecular weight is 414 g/mol. The van der Waals surface area contributed by atoms with Crippen molar-refractivity contribution < 1.29 is 14.6 Å². The van der Waals surface area contributed by atoms with Gasteiger partial charge in [0.25, 0.3) is 0 Å². The van der Waals surface area contributed by atoms with Gasteiger partial charge in [-0.1, -0.05) is 13.0 Å². The van der Waals surface area contributed by atoms with Gasteiger partial charge < -0.3 is 19.5 Å². The van der Waals surface area contributed by atoms with Crippen molar-refractivity contribution in [2.45, 2.75) is 19.4 Å². The zero-order valence-corrected chi connectivity index (χ0v) is 17.4. The normalized spacial score (nSPS) is 19.2. The van der Waals surface area contributed by atoms with E-state index < -0.39 is 0 Å². The first-order chi connectivity index (χ1) is 14.1. The molecule has 0 unspecified atom stereocenters. The molecule has 0 saturated carbocycles. The summed E-state index contributed by atoms with van der Waals surface area (Å²) in [6, 6.07) is 5.99. The molecule has 152 valence electrons. The number of methoxy groups -OCH3 is 2. The first-order valence-electron chi connectivity index (χ1n) is 9.40. The third-order valence-corrected chi connectivity index (χ3v) is 5.90. The SMILES string of the molecule is COc1cc(-c2cnc(N3CC[C@H](O)[C@H](C)C3)nc2-c2cccs2)nc(OC)n1. The lowest BCUT2D eigenvalue weighted by molar-refractivity contribution is 0.0966. The van der Waals surface area contributed by atoms with Crippen molar-refractivity contribution in [2.75, 3.05) is 32.2 Å². The van der Waals surface area contributed by atoms with Gasteiger partial charge in [-0.2, -0.15) is 9.97 Å². The molecule has 8 nitrogen and oxygen atoms in total. The lowest BCUT2D eigenvalue weighted by Crippen LogP contribution is -2.42. The smallest absolute Gasteiger partial charge is 0.320 e. The van der Waals surface area contributed by atoms with Crippen LogP contribution in [0.3, 0.4) is 0 Å². The maximum atomic E-state index is 10.0. The van der Waals surface area contributed by atoms with Gasteiger partial charge in [0, 0.05) is 30.9 Å². The van der Waals surface area contributed by atoms with Crippen LogP contribution in [0.5, 0.6) is 11.9 Å². The van der Waals surface area contributed by atoms with Crippen LogP contribution in [0.25, 0.3) is 21.8 Å². The van der Waals surface area contributed by atoms with Gasteiger partial charge >= 0.3 is 6.01 Å². The topological polar surface area (TPSA) is 93.5 Å². The highest BCUT2D eigenvalue weighted by Gasteiger charge is 2.26. The molecule has 1 saturated heterocycles. The van der Waals surface area contributed by atoms with Crippen molar-refractivity contribution in [2.24, 2.45) is 5.92 Å². The summed E-state index contributed by atoms with van der Waals surface area (Å²) in [6.07, 6.45) is 2.22. The molecule has 0 spiro atoms. The maximum absolute atomic E-state index is 10.0. The average Bonchev–Trinajstić information content (AvgIpc) is 3.29. The lowest BCUT2D eigenvalue weighted by atomic mass is 9.97. The second-order valence-electron chi connectivity index (χ2n) is 6.97. The number of thiophene rings is 1. The van der Waals surface area contributed by atoms with Crippen molar-refractivity contribution in [3.05, 3.63) is 29.8 Å². The number of hydrogen-bond donors (Lipinski definition) is 1. The summed E-state index contributed by atoms with van der Waals surface area (Å²) in [6.45, 7) is 3.49. The standard InChI is InChI=1S/C20H23N5O3S/c1-12-11-25(7-6-15(12)26)19-21-10-13(18(24-19)16-5-4-8-29-16)14-9-17(27-2)23-20(22-14)28-3/h4-5,8-10,12,15,26H,6-7,11H2,1-3H3/t12-,15+/m1/s1. The lowest BCUT2D eigenvalue weighted by Gasteiger charge is -2.34. The van der Waals surface area contributed by atoms with Crippen molar-refractivity contribution >= 4 is 17.3 Å². The summed E-state index contributed by atoms with van der Waals surface area (Å²) < 4.78 is 10.5. The summed E-state index contributed by atoms with van der Waals surface area (Å²) in [7, 11) is 3.07. The first kappa shape index (κ1) is 19.5. The van der Waals surface area contributed by atoms with Crippen LogP contribution in [-0.4, -0.2) is 58.5 Å². The zero-order valence-electron chi connectivity index (χ0n) is 16.6. The number of aliphatic hydroxyl groups is 1. The molecule has 0 amide bonds. The molecular formula is C20H23N5O3S. The molecule has 2 atom stereocenters. The Balaban J connectivity index is 1.79. The Bertz CT molecular complexity index is 960. The van der Waals surface area contributed by atoms with Gasteiger partial charge in [0.2, 0.25) is 11.8 Å².